The molecular formula is C13H21N3O6. The van der Waals surface area contributed by atoms with Crippen molar-refractivity contribution in [2.45, 2.75) is 31.5 Å². The monoisotopic (exact) mass is 315 g/mol. The van der Waals surface area contributed by atoms with E-state index < -0.39 is 36.8 Å². The third-order valence-corrected chi connectivity index (χ3v) is 3.54. The van der Waals surface area contributed by atoms with Crippen molar-refractivity contribution in [2.24, 2.45) is 0 Å². The van der Waals surface area contributed by atoms with Crippen LogP contribution in [-0.2, 0) is 14.2 Å². The normalized spacial score (nSPS) is 28.2. The smallest absolute Gasteiger partial charge is 0.351 e. The van der Waals surface area contributed by atoms with Crippen LogP contribution < -0.4 is 11.4 Å². The second-order valence-corrected chi connectivity index (χ2v) is 5.07. The first kappa shape index (κ1) is 16.8. The minimum Gasteiger partial charge on any atom is -0.394 e. The summed E-state index contributed by atoms with van der Waals surface area (Å²) in [5.74, 6) is 0.135. The van der Waals surface area contributed by atoms with Crippen LogP contribution in [0.2, 0.25) is 0 Å². The highest BCUT2D eigenvalue weighted by Crippen LogP contribution is 2.31. The fraction of sp³-hybridized carbons (Fsp3) is 0.692. The topological polar surface area (TPSA) is 129 Å². The van der Waals surface area contributed by atoms with Gasteiger partial charge in [0.05, 0.1) is 19.8 Å². The highest BCUT2D eigenvalue weighted by Gasteiger charge is 2.45. The van der Waals surface area contributed by atoms with Gasteiger partial charge in [0.15, 0.2) is 6.23 Å². The van der Waals surface area contributed by atoms with Crippen LogP contribution >= 0.6 is 0 Å². The molecule has 22 heavy (non-hydrogen) atoms. The van der Waals surface area contributed by atoms with Gasteiger partial charge in [0.1, 0.15) is 24.1 Å². The summed E-state index contributed by atoms with van der Waals surface area (Å²) in [5.41, 5.74) is 5.59. The second kappa shape index (κ2) is 7.16. The Labute approximate surface area is 127 Å². The lowest BCUT2D eigenvalue weighted by molar-refractivity contribution is -0.0819. The maximum Gasteiger partial charge on any atom is 0.351 e. The number of aryl methyl sites for hydroxylation is 1. The Morgan fingerprint density at radius 1 is 1.50 bits per heavy atom. The Hall–Kier alpha value is -1.52. The molecule has 1 aliphatic rings. The minimum atomic E-state index is -1.07. The third kappa shape index (κ3) is 3.28. The molecule has 1 fully saturated rings. The number of aliphatic hydroxyl groups is 2. The van der Waals surface area contributed by atoms with Gasteiger partial charge < -0.3 is 30.2 Å². The molecule has 2 heterocycles. The number of nitrogens with two attached hydrogens (primary N) is 1. The Morgan fingerprint density at radius 2 is 2.23 bits per heavy atom. The minimum absolute atomic E-state index is 0.135. The fourth-order valence-corrected chi connectivity index (χ4v) is 2.30. The maximum atomic E-state index is 12.0. The largest absolute Gasteiger partial charge is 0.394 e. The van der Waals surface area contributed by atoms with Crippen molar-refractivity contribution in [3.63, 3.8) is 0 Å². The molecule has 4 atom stereocenters. The number of nitrogen functional groups attached to an aromatic ring is 1. The predicted octanol–water partition coefficient (Wildman–Crippen LogP) is -1.58. The van der Waals surface area contributed by atoms with Gasteiger partial charge in [-0.05, 0) is 6.92 Å². The molecular weight excluding hydrogens is 294 g/mol. The van der Waals surface area contributed by atoms with Crippen molar-refractivity contribution >= 4 is 5.82 Å². The molecule has 9 nitrogen and oxygen atoms in total. The fourth-order valence-electron chi connectivity index (χ4n) is 2.30. The summed E-state index contributed by atoms with van der Waals surface area (Å²) >= 11 is 0. The van der Waals surface area contributed by atoms with Crippen molar-refractivity contribution in [3.8, 4) is 0 Å². The average Bonchev–Trinajstić information content (AvgIpc) is 2.80. The standard InChI is InChI=1S/C13H21N3O6/c1-7-5-16(13(19)15-11(7)14)12-10(21-4-3-20-2)9(18)8(6-17)22-12/h5,8-10,12,17-18H,3-4,6H2,1-2H3,(H2,14,15,19)/t8-,9+,10-,12-/m1/s1. The number of anilines is 1. The van der Waals surface area contributed by atoms with Crippen LogP contribution in [0.25, 0.3) is 0 Å². The first-order valence-corrected chi connectivity index (χ1v) is 6.89. The molecule has 1 aromatic rings. The van der Waals surface area contributed by atoms with E-state index in [-0.39, 0.29) is 12.4 Å². The van der Waals surface area contributed by atoms with Crippen LogP contribution in [-0.4, -0.2) is 65.0 Å². The summed E-state index contributed by atoms with van der Waals surface area (Å²) in [6, 6.07) is 0. The van der Waals surface area contributed by atoms with Gasteiger partial charge in [0.25, 0.3) is 0 Å². The van der Waals surface area contributed by atoms with Gasteiger partial charge in [-0.1, -0.05) is 0 Å². The van der Waals surface area contributed by atoms with Crippen molar-refractivity contribution in [3.05, 3.63) is 22.2 Å². The van der Waals surface area contributed by atoms with E-state index in [0.29, 0.717) is 12.2 Å². The molecule has 0 saturated carbocycles. The number of aromatic nitrogens is 2. The predicted molar refractivity (Wildman–Crippen MR) is 76.3 cm³/mol. The molecule has 1 aromatic heterocycles. The van der Waals surface area contributed by atoms with E-state index in [2.05, 4.69) is 4.98 Å². The summed E-state index contributed by atoms with van der Waals surface area (Å²) in [6.07, 6.45) is -2.15. The first-order valence-electron chi connectivity index (χ1n) is 6.89. The van der Waals surface area contributed by atoms with Crippen LogP contribution in [0.5, 0.6) is 0 Å². The number of hydrogen-bond acceptors (Lipinski definition) is 8. The molecule has 0 radical (unpaired) electrons. The first-order chi connectivity index (χ1) is 10.5. The SMILES string of the molecule is COCCO[C@@H]1[C@@H](O)[C@@H](CO)O[C@H]1n1cc(C)c(N)nc1=O. The lowest BCUT2D eigenvalue weighted by Gasteiger charge is -2.22. The van der Waals surface area contributed by atoms with Gasteiger partial charge >= 0.3 is 5.69 Å². The highest BCUT2D eigenvalue weighted by molar-refractivity contribution is 5.35. The molecule has 9 heteroatoms. The number of rotatable bonds is 6. The zero-order valence-electron chi connectivity index (χ0n) is 12.5. The van der Waals surface area contributed by atoms with E-state index in [1.54, 1.807) is 6.92 Å². The average molecular weight is 315 g/mol. The molecule has 0 amide bonds. The van der Waals surface area contributed by atoms with Crippen molar-refractivity contribution < 1.29 is 24.4 Å². The van der Waals surface area contributed by atoms with Crippen LogP contribution in [0.3, 0.4) is 0 Å². The molecule has 0 aromatic carbocycles. The van der Waals surface area contributed by atoms with Crippen molar-refractivity contribution in [2.75, 3.05) is 32.7 Å². The third-order valence-electron chi connectivity index (χ3n) is 3.54. The summed E-state index contributed by atoms with van der Waals surface area (Å²) in [5, 5.41) is 19.5. The molecule has 0 bridgehead atoms. The molecule has 0 unspecified atom stereocenters. The number of ether oxygens (including phenoxy) is 3. The highest BCUT2D eigenvalue weighted by atomic mass is 16.6. The lowest BCUT2D eigenvalue weighted by atomic mass is 10.1. The molecule has 124 valence electrons. The van der Waals surface area contributed by atoms with Crippen molar-refractivity contribution in [1.82, 2.24) is 9.55 Å². The Bertz CT molecular complexity index is 563. The van der Waals surface area contributed by atoms with E-state index in [0.717, 1.165) is 0 Å². The van der Waals surface area contributed by atoms with Gasteiger partial charge in [-0.3, -0.25) is 4.57 Å². The van der Waals surface area contributed by atoms with Gasteiger partial charge in [-0.15, -0.1) is 0 Å². The van der Waals surface area contributed by atoms with Gasteiger partial charge in [0, 0.05) is 18.9 Å². The van der Waals surface area contributed by atoms with E-state index in [1.165, 1.54) is 17.9 Å². The Balaban J connectivity index is 2.29. The second-order valence-electron chi connectivity index (χ2n) is 5.07. The van der Waals surface area contributed by atoms with Crippen molar-refractivity contribution in [1.29, 1.82) is 0 Å². The van der Waals surface area contributed by atoms with Crippen LogP contribution in [0, 0.1) is 6.92 Å². The Kier molecular flexibility index (Phi) is 5.48. The molecule has 4 N–H and O–H groups in total. The van der Waals surface area contributed by atoms with E-state index in [1.807, 2.05) is 0 Å². The van der Waals surface area contributed by atoms with E-state index >= 15 is 0 Å². The zero-order valence-corrected chi connectivity index (χ0v) is 12.5. The summed E-state index contributed by atoms with van der Waals surface area (Å²) < 4.78 is 17.2. The maximum absolute atomic E-state index is 12.0. The molecule has 1 saturated heterocycles. The molecule has 2 rings (SSSR count). The summed E-state index contributed by atoms with van der Waals surface area (Å²) in [4.78, 5) is 15.7. The van der Waals surface area contributed by atoms with Crippen LogP contribution in [0.15, 0.2) is 11.0 Å². The molecule has 1 aliphatic heterocycles. The van der Waals surface area contributed by atoms with Gasteiger partial charge in [-0.25, -0.2) is 4.79 Å². The molecule has 0 aliphatic carbocycles. The zero-order chi connectivity index (χ0) is 16.3. The van der Waals surface area contributed by atoms with Crippen LogP contribution in [0.4, 0.5) is 5.82 Å². The number of nitrogens with zero attached hydrogens (tertiary/aromatic N) is 2. The van der Waals surface area contributed by atoms with Gasteiger partial charge in [0.2, 0.25) is 0 Å². The van der Waals surface area contributed by atoms with E-state index in [9.17, 15) is 15.0 Å². The number of methoxy groups -OCH3 is 1. The molecule has 0 spiro atoms. The van der Waals surface area contributed by atoms with Gasteiger partial charge in [-0.2, -0.15) is 4.98 Å². The van der Waals surface area contributed by atoms with Crippen LogP contribution in [0.1, 0.15) is 11.8 Å². The summed E-state index contributed by atoms with van der Waals surface area (Å²) in [7, 11) is 1.52. The lowest BCUT2D eigenvalue weighted by Crippen LogP contribution is -2.39. The quantitative estimate of drug-likeness (QED) is 0.536. The number of hydrogen-bond donors (Lipinski definition) is 3. The number of aliphatic hydroxyl groups excluding tert-OH is 2. The van der Waals surface area contributed by atoms with E-state index in [4.69, 9.17) is 19.9 Å². The summed E-state index contributed by atoms with van der Waals surface area (Å²) in [6.45, 7) is 1.85. The Morgan fingerprint density at radius 3 is 2.86 bits per heavy atom.